The number of amides is 1. The molecule has 152 valence electrons. The molecule has 29 heavy (non-hydrogen) atoms. The highest BCUT2D eigenvalue weighted by molar-refractivity contribution is 7.91. The quantitative estimate of drug-likeness (QED) is 0.618. The van der Waals surface area contributed by atoms with Crippen molar-refractivity contribution in [2.24, 2.45) is 0 Å². The predicted molar refractivity (Wildman–Crippen MR) is 103 cm³/mol. The van der Waals surface area contributed by atoms with Crippen molar-refractivity contribution in [3.05, 3.63) is 66.2 Å². The Morgan fingerprint density at radius 1 is 1.14 bits per heavy atom. The summed E-state index contributed by atoms with van der Waals surface area (Å²) in [5.74, 6) is -3.22. The lowest BCUT2D eigenvalue weighted by Crippen LogP contribution is -2.18. The molecule has 3 aromatic rings. The molecule has 1 aromatic heterocycles. The third-order valence-corrected chi connectivity index (χ3v) is 5.60. The van der Waals surface area contributed by atoms with E-state index in [-0.39, 0.29) is 18.5 Å². The third-order valence-electron chi connectivity index (χ3n) is 4.16. The molecule has 1 amide bonds. The molecule has 0 aliphatic heterocycles. The first-order chi connectivity index (χ1) is 13.8. The molecule has 2 aromatic carbocycles. The average molecular weight is 420 g/mol. The van der Waals surface area contributed by atoms with E-state index in [0.717, 1.165) is 17.2 Å². The van der Waals surface area contributed by atoms with Gasteiger partial charge in [0, 0.05) is 18.4 Å². The van der Waals surface area contributed by atoms with Gasteiger partial charge in [-0.1, -0.05) is 42.0 Å². The largest absolute Gasteiger partial charge is 0.441 e. The standard InChI is InChI=1S/C20H18F2N2O4S/c1-13-6-8-14(9-7-13)16-12-23-19(28-16)11-10-18(25)24-15-4-2-3-5-17(15)29(26,27)20(21)22/h2-9,12,20H,10-11H2,1H3,(H,24,25). The number of alkyl halides is 2. The minimum atomic E-state index is -4.83. The number of para-hydroxylation sites is 1. The fourth-order valence-corrected chi connectivity index (χ4v) is 3.51. The molecule has 0 saturated heterocycles. The van der Waals surface area contributed by atoms with Crippen molar-refractivity contribution in [1.29, 1.82) is 0 Å². The Bertz CT molecular complexity index is 1110. The molecular formula is C20H18F2N2O4S. The van der Waals surface area contributed by atoms with Crippen LogP contribution in [0, 0.1) is 6.92 Å². The molecular weight excluding hydrogens is 402 g/mol. The Morgan fingerprint density at radius 3 is 2.52 bits per heavy atom. The first kappa shape index (κ1) is 20.7. The zero-order valence-electron chi connectivity index (χ0n) is 15.4. The molecule has 0 atom stereocenters. The summed E-state index contributed by atoms with van der Waals surface area (Å²) in [6, 6.07) is 12.7. The molecule has 1 N–H and O–H groups in total. The Kier molecular flexibility index (Phi) is 6.07. The molecule has 0 fully saturated rings. The van der Waals surface area contributed by atoms with Crippen LogP contribution < -0.4 is 5.32 Å². The van der Waals surface area contributed by atoms with Crippen LogP contribution in [-0.4, -0.2) is 25.1 Å². The number of carbonyl (C=O) groups excluding carboxylic acids is 1. The van der Waals surface area contributed by atoms with Gasteiger partial charge in [0.25, 0.3) is 0 Å². The first-order valence-corrected chi connectivity index (χ1v) is 10.2. The number of sulfone groups is 1. The van der Waals surface area contributed by atoms with Crippen LogP contribution in [0.15, 0.2) is 64.0 Å². The van der Waals surface area contributed by atoms with E-state index in [1.165, 1.54) is 18.2 Å². The van der Waals surface area contributed by atoms with Crippen LogP contribution in [0.5, 0.6) is 0 Å². The maximum Gasteiger partial charge on any atom is 0.341 e. The van der Waals surface area contributed by atoms with Crippen LogP contribution in [0.2, 0.25) is 0 Å². The Hall–Kier alpha value is -3.07. The van der Waals surface area contributed by atoms with Gasteiger partial charge in [-0.2, -0.15) is 8.78 Å². The van der Waals surface area contributed by atoms with E-state index in [4.69, 9.17) is 4.42 Å². The Morgan fingerprint density at radius 2 is 1.83 bits per heavy atom. The summed E-state index contributed by atoms with van der Waals surface area (Å²) in [6.45, 7) is 1.97. The number of carbonyl (C=O) groups is 1. The number of aromatic nitrogens is 1. The third kappa shape index (κ3) is 4.86. The van der Waals surface area contributed by atoms with Crippen molar-refractivity contribution < 1.29 is 26.4 Å². The average Bonchev–Trinajstić information content (AvgIpc) is 3.16. The van der Waals surface area contributed by atoms with Gasteiger partial charge >= 0.3 is 5.76 Å². The van der Waals surface area contributed by atoms with Crippen LogP contribution in [0.4, 0.5) is 14.5 Å². The number of benzene rings is 2. The number of anilines is 1. The molecule has 0 radical (unpaired) electrons. The molecule has 0 bridgehead atoms. The molecule has 0 aliphatic carbocycles. The maximum absolute atomic E-state index is 12.8. The van der Waals surface area contributed by atoms with Crippen molar-refractivity contribution in [2.75, 3.05) is 5.32 Å². The molecule has 6 nitrogen and oxygen atoms in total. The van der Waals surface area contributed by atoms with Gasteiger partial charge in [-0.05, 0) is 19.1 Å². The van der Waals surface area contributed by atoms with Gasteiger partial charge in [-0.25, -0.2) is 13.4 Å². The van der Waals surface area contributed by atoms with Crippen LogP contribution in [0.1, 0.15) is 17.9 Å². The maximum atomic E-state index is 12.8. The van der Waals surface area contributed by atoms with Gasteiger partial charge in [0.15, 0.2) is 11.7 Å². The number of oxazole rings is 1. The van der Waals surface area contributed by atoms with E-state index in [0.29, 0.717) is 11.7 Å². The van der Waals surface area contributed by atoms with Crippen LogP contribution >= 0.6 is 0 Å². The smallest absolute Gasteiger partial charge is 0.341 e. The highest BCUT2D eigenvalue weighted by atomic mass is 32.2. The molecule has 0 spiro atoms. The van der Waals surface area contributed by atoms with Crippen LogP contribution in [0.3, 0.4) is 0 Å². The number of hydrogen-bond donors (Lipinski definition) is 1. The normalized spacial score (nSPS) is 11.6. The lowest BCUT2D eigenvalue weighted by molar-refractivity contribution is -0.116. The van der Waals surface area contributed by atoms with Crippen molar-refractivity contribution >= 4 is 21.4 Å². The summed E-state index contributed by atoms with van der Waals surface area (Å²) in [5, 5.41) is 2.37. The topological polar surface area (TPSA) is 89.3 Å². The van der Waals surface area contributed by atoms with E-state index in [1.807, 2.05) is 31.2 Å². The van der Waals surface area contributed by atoms with Gasteiger partial charge < -0.3 is 9.73 Å². The number of hydrogen-bond acceptors (Lipinski definition) is 5. The molecule has 1 heterocycles. The monoisotopic (exact) mass is 420 g/mol. The van der Waals surface area contributed by atoms with Gasteiger partial charge in [0.05, 0.1) is 16.8 Å². The summed E-state index contributed by atoms with van der Waals surface area (Å²) in [5.41, 5.74) is 1.77. The first-order valence-electron chi connectivity index (χ1n) is 8.70. The van der Waals surface area contributed by atoms with Gasteiger partial charge in [0.1, 0.15) is 0 Å². The van der Waals surface area contributed by atoms with E-state index >= 15 is 0 Å². The van der Waals surface area contributed by atoms with E-state index in [2.05, 4.69) is 10.3 Å². The highest BCUT2D eigenvalue weighted by Gasteiger charge is 2.29. The number of nitrogens with one attached hydrogen (secondary N) is 1. The predicted octanol–water partition coefficient (Wildman–Crippen LogP) is 4.22. The Balaban J connectivity index is 1.65. The second kappa shape index (κ2) is 8.52. The SMILES string of the molecule is Cc1ccc(-c2cnc(CCC(=O)Nc3ccccc3S(=O)(=O)C(F)F)o2)cc1. The van der Waals surface area contributed by atoms with Gasteiger partial charge in [0.2, 0.25) is 15.7 Å². The summed E-state index contributed by atoms with van der Waals surface area (Å²) in [4.78, 5) is 15.7. The molecule has 0 saturated carbocycles. The lowest BCUT2D eigenvalue weighted by Gasteiger charge is -2.10. The zero-order chi connectivity index (χ0) is 21.0. The summed E-state index contributed by atoms with van der Waals surface area (Å²) >= 11 is 0. The second-order valence-corrected chi connectivity index (χ2v) is 8.22. The summed E-state index contributed by atoms with van der Waals surface area (Å²) in [6.07, 6.45) is 1.67. The Labute approximate surface area is 166 Å². The second-order valence-electron chi connectivity index (χ2n) is 6.33. The van der Waals surface area contributed by atoms with Crippen molar-refractivity contribution in [3.8, 4) is 11.3 Å². The number of nitrogens with zero attached hydrogens (tertiary/aromatic N) is 1. The van der Waals surface area contributed by atoms with Crippen molar-refractivity contribution in [2.45, 2.75) is 30.4 Å². The van der Waals surface area contributed by atoms with E-state index in [9.17, 15) is 22.0 Å². The lowest BCUT2D eigenvalue weighted by atomic mass is 10.1. The van der Waals surface area contributed by atoms with Gasteiger partial charge in [-0.3, -0.25) is 4.79 Å². The minimum Gasteiger partial charge on any atom is -0.441 e. The summed E-state index contributed by atoms with van der Waals surface area (Å²) < 4.78 is 54.8. The van der Waals surface area contributed by atoms with E-state index < -0.39 is 26.4 Å². The van der Waals surface area contributed by atoms with Crippen LogP contribution in [0.25, 0.3) is 11.3 Å². The number of rotatable bonds is 7. The zero-order valence-corrected chi connectivity index (χ0v) is 16.2. The fourth-order valence-electron chi connectivity index (χ4n) is 2.62. The minimum absolute atomic E-state index is 0.0586. The fraction of sp³-hybridized carbons (Fsp3) is 0.200. The molecule has 9 heteroatoms. The highest BCUT2D eigenvalue weighted by Crippen LogP contribution is 2.26. The van der Waals surface area contributed by atoms with E-state index in [1.54, 1.807) is 6.20 Å². The molecule has 0 aliphatic rings. The summed E-state index contributed by atoms with van der Waals surface area (Å²) in [7, 11) is -4.83. The molecule has 3 rings (SSSR count). The van der Waals surface area contributed by atoms with Gasteiger partial charge in [-0.15, -0.1) is 0 Å². The number of halogens is 2. The molecule has 0 unspecified atom stereocenters. The van der Waals surface area contributed by atoms with Crippen molar-refractivity contribution in [1.82, 2.24) is 4.98 Å². The van der Waals surface area contributed by atoms with Crippen LogP contribution in [-0.2, 0) is 21.1 Å². The number of aryl methyl sites for hydroxylation is 2. The van der Waals surface area contributed by atoms with Crippen molar-refractivity contribution in [3.63, 3.8) is 0 Å².